The zero-order chi connectivity index (χ0) is 14.1. The van der Waals surface area contributed by atoms with Crippen LogP contribution in [0.25, 0.3) is 10.9 Å². The lowest BCUT2D eigenvalue weighted by Crippen LogP contribution is -2.21. The summed E-state index contributed by atoms with van der Waals surface area (Å²) in [7, 11) is 0. The van der Waals surface area contributed by atoms with Crippen LogP contribution in [0.15, 0.2) is 18.2 Å². The molecule has 0 aliphatic carbocycles. The first kappa shape index (κ1) is 13.4. The van der Waals surface area contributed by atoms with Gasteiger partial charge in [-0.3, -0.25) is 0 Å². The molecule has 1 aromatic carbocycles. The second-order valence-electron chi connectivity index (χ2n) is 5.83. The van der Waals surface area contributed by atoms with Gasteiger partial charge < -0.3 is 10.6 Å². The number of hydrogen-bond donors (Lipinski definition) is 1. The van der Waals surface area contributed by atoms with Crippen molar-refractivity contribution in [3.05, 3.63) is 34.9 Å². The Kier molecular flexibility index (Phi) is 3.62. The lowest BCUT2D eigenvalue weighted by Gasteiger charge is -2.21. The van der Waals surface area contributed by atoms with Gasteiger partial charge in [0.25, 0.3) is 0 Å². The highest BCUT2D eigenvalue weighted by molar-refractivity contribution is 5.83. The van der Waals surface area contributed by atoms with E-state index in [1.165, 1.54) is 34.9 Å². The first-order valence-corrected chi connectivity index (χ1v) is 7.55. The molecule has 0 atom stereocenters. The minimum absolute atomic E-state index is 0.679. The molecule has 0 amide bonds. The van der Waals surface area contributed by atoms with E-state index in [-0.39, 0.29) is 0 Å². The number of aromatic nitrogens is 1. The van der Waals surface area contributed by atoms with Crippen LogP contribution in [0.2, 0.25) is 0 Å². The Morgan fingerprint density at radius 1 is 1.10 bits per heavy atom. The molecule has 1 fully saturated rings. The first-order chi connectivity index (χ1) is 9.69. The van der Waals surface area contributed by atoms with Gasteiger partial charge in [0.05, 0.1) is 5.52 Å². The normalized spacial score (nSPS) is 15.2. The molecule has 2 heterocycles. The third-order valence-electron chi connectivity index (χ3n) is 4.31. The van der Waals surface area contributed by atoms with Crippen molar-refractivity contribution in [2.24, 2.45) is 5.73 Å². The van der Waals surface area contributed by atoms with Crippen LogP contribution in [0, 0.1) is 13.8 Å². The van der Waals surface area contributed by atoms with Gasteiger partial charge in [-0.15, -0.1) is 0 Å². The molecule has 0 saturated carbocycles. The zero-order valence-corrected chi connectivity index (χ0v) is 12.4. The van der Waals surface area contributed by atoms with Crippen molar-refractivity contribution < 1.29 is 0 Å². The van der Waals surface area contributed by atoms with Gasteiger partial charge in [-0.2, -0.15) is 0 Å². The second-order valence-corrected chi connectivity index (χ2v) is 5.83. The lowest BCUT2D eigenvalue weighted by atomic mass is 10.0. The predicted molar refractivity (Wildman–Crippen MR) is 85.4 cm³/mol. The number of nitrogens with zero attached hydrogens (tertiary/aromatic N) is 2. The molecule has 1 aliphatic heterocycles. The summed E-state index contributed by atoms with van der Waals surface area (Å²) in [6.07, 6.45) is 3.45. The smallest absolute Gasteiger partial charge is 0.132 e. The summed E-state index contributed by atoms with van der Waals surface area (Å²) >= 11 is 0. The average molecular weight is 269 g/mol. The van der Waals surface area contributed by atoms with Gasteiger partial charge in [0.1, 0.15) is 5.82 Å². The second kappa shape index (κ2) is 5.41. The molecule has 0 bridgehead atoms. The van der Waals surface area contributed by atoms with Gasteiger partial charge in [-0.25, -0.2) is 4.98 Å². The van der Waals surface area contributed by atoms with Crippen molar-refractivity contribution in [1.82, 2.24) is 4.98 Å². The maximum atomic E-state index is 5.78. The number of nitrogens with two attached hydrogens (primary N) is 1. The summed E-state index contributed by atoms with van der Waals surface area (Å²) in [4.78, 5) is 7.36. The molecule has 1 aromatic heterocycles. The molecule has 2 aromatic rings. The van der Waals surface area contributed by atoms with Crippen LogP contribution in [0.3, 0.4) is 0 Å². The molecular weight excluding hydrogens is 246 g/mol. The maximum Gasteiger partial charge on any atom is 0.132 e. The van der Waals surface area contributed by atoms with E-state index in [1.54, 1.807) is 0 Å². The molecular formula is C17H23N3. The van der Waals surface area contributed by atoms with Crippen LogP contribution in [0.1, 0.15) is 29.5 Å². The molecule has 3 nitrogen and oxygen atoms in total. The lowest BCUT2D eigenvalue weighted by molar-refractivity contribution is 0.897. The topological polar surface area (TPSA) is 42.1 Å². The highest BCUT2D eigenvalue weighted by atomic mass is 15.2. The summed E-state index contributed by atoms with van der Waals surface area (Å²) in [6, 6.07) is 6.73. The van der Waals surface area contributed by atoms with Gasteiger partial charge in [0.2, 0.25) is 0 Å². The Balaban J connectivity index is 2.15. The van der Waals surface area contributed by atoms with Gasteiger partial charge >= 0.3 is 0 Å². The van der Waals surface area contributed by atoms with E-state index in [4.69, 9.17) is 10.7 Å². The van der Waals surface area contributed by atoms with E-state index in [0.29, 0.717) is 6.54 Å². The van der Waals surface area contributed by atoms with Crippen molar-refractivity contribution in [3.8, 4) is 0 Å². The van der Waals surface area contributed by atoms with E-state index < -0.39 is 0 Å². The third-order valence-corrected chi connectivity index (χ3v) is 4.31. The van der Waals surface area contributed by atoms with Crippen LogP contribution in [-0.2, 0) is 6.42 Å². The van der Waals surface area contributed by atoms with Crippen molar-refractivity contribution in [1.29, 1.82) is 0 Å². The van der Waals surface area contributed by atoms with Crippen LogP contribution in [0.4, 0.5) is 5.82 Å². The molecule has 0 spiro atoms. The maximum absolute atomic E-state index is 5.78. The fraction of sp³-hybridized carbons (Fsp3) is 0.471. The molecule has 106 valence electrons. The van der Waals surface area contributed by atoms with Crippen LogP contribution < -0.4 is 10.6 Å². The molecule has 3 heteroatoms. The molecule has 2 N–H and O–H groups in total. The number of aryl methyl sites for hydroxylation is 2. The van der Waals surface area contributed by atoms with E-state index >= 15 is 0 Å². The number of pyridine rings is 1. The Morgan fingerprint density at radius 3 is 2.50 bits per heavy atom. The van der Waals surface area contributed by atoms with Gasteiger partial charge in [-0.1, -0.05) is 0 Å². The average Bonchev–Trinajstić information content (AvgIpc) is 2.94. The van der Waals surface area contributed by atoms with Crippen molar-refractivity contribution >= 4 is 16.7 Å². The molecule has 1 saturated heterocycles. The summed E-state index contributed by atoms with van der Waals surface area (Å²) in [5.41, 5.74) is 10.8. The summed E-state index contributed by atoms with van der Waals surface area (Å²) in [5, 5.41) is 1.24. The Bertz CT molecular complexity index is 628. The molecule has 0 unspecified atom stereocenters. The fourth-order valence-corrected chi connectivity index (χ4v) is 3.02. The SMILES string of the molecule is Cc1cc2cc(CCN)c(N3CCCC3)nc2cc1C. The van der Waals surface area contributed by atoms with Crippen molar-refractivity contribution in [3.63, 3.8) is 0 Å². The molecule has 3 rings (SSSR count). The number of benzene rings is 1. The number of rotatable bonds is 3. The monoisotopic (exact) mass is 269 g/mol. The van der Waals surface area contributed by atoms with Gasteiger partial charge in [-0.05, 0) is 74.5 Å². The van der Waals surface area contributed by atoms with E-state index in [1.807, 2.05) is 0 Å². The largest absolute Gasteiger partial charge is 0.356 e. The Labute approximate surface area is 120 Å². The quantitative estimate of drug-likeness (QED) is 0.931. The third kappa shape index (κ3) is 2.38. The number of fused-ring (bicyclic) bond motifs is 1. The molecule has 0 radical (unpaired) electrons. The summed E-state index contributed by atoms with van der Waals surface area (Å²) in [6.45, 7) is 7.24. The zero-order valence-electron chi connectivity index (χ0n) is 12.4. The molecule has 1 aliphatic rings. The van der Waals surface area contributed by atoms with E-state index in [9.17, 15) is 0 Å². The van der Waals surface area contributed by atoms with Gasteiger partial charge in [0, 0.05) is 18.5 Å². The van der Waals surface area contributed by atoms with Crippen molar-refractivity contribution in [2.75, 3.05) is 24.5 Å². The Hall–Kier alpha value is -1.61. The standard InChI is InChI=1S/C17H23N3/c1-12-9-15-11-14(5-6-18)17(20-7-3-4-8-20)19-16(15)10-13(12)2/h9-11H,3-8,18H2,1-2H3. The molecule has 20 heavy (non-hydrogen) atoms. The van der Waals surface area contributed by atoms with Crippen LogP contribution >= 0.6 is 0 Å². The van der Waals surface area contributed by atoms with Crippen LogP contribution in [-0.4, -0.2) is 24.6 Å². The number of hydrogen-bond acceptors (Lipinski definition) is 3. The predicted octanol–water partition coefficient (Wildman–Crippen LogP) is 2.95. The summed E-state index contributed by atoms with van der Waals surface area (Å²) < 4.78 is 0. The highest BCUT2D eigenvalue weighted by Gasteiger charge is 2.18. The minimum atomic E-state index is 0.679. The Morgan fingerprint density at radius 2 is 1.80 bits per heavy atom. The van der Waals surface area contributed by atoms with Crippen LogP contribution in [0.5, 0.6) is 0 Å². The van der Waals surface area contributed by atoms with Gasteiger partial charge in [0.15, 0.2) is 0 Å². The van der Waals surface area contributed by atoms with Crippen molar-refractivity contribution in [2.45, 2.75) is 33.1 Å². The fourth-order valence-electron chi connectivity index (χ4n) is 3.02. The first-order valence-electron chi connectivity index (χ1n) is 7.55. The highest BCUT2D eigenvalue weighted by Crippen LogP contribution is 2.28. The minimum Gasteiger partial charge on any atom is -0.356 e. The van der Waals surface area contributed by atoms with E-state index in [2.05, 4.69) is 36.9 Å². The number of anilines is 1. The van der Waals surface area contributed by atoms with E-state index in [0.717, 1.165) is 30.8 Å². The summed E-state index contributed by atoms with van der Waals surface area (Å²) in [5.74, 6) is 1.16.